The summed E-state index contributed by atoms with van der Waals surface area (Å²) in [6.07, 6.45) is 6.06. The molecule has 2 aromatic carbocycles. The van der Waals surface area contributed by atoms with Crippen LogP contribution in [0.15, 0.2) is 40.9 Å². The minimum absolute atomic E-state index is 0.172. The number of aryl methyl sites for hydroxylation is 2. The van der Waals surface area contributed by atoms with Crippen LogP contribution in [0.25, 0.3) is 0 Å². The van der Waals surface area contributed by atoms with Crippen molar-refractivity contribution in [1.82, 2.24) is 5.32 Å². The topological polar surface area (TPSA) is 69.6 Å². The molecule has 3 N–H and O–H groups in total. The molecule has 4 nitrogen and oxygen atoms in total. The minimum atomic E-state index is -3.97. The maximum absolute atomic E-state index is 14.4. The normalized spacial score (nSPS) is 11.8. The summed E-state index contributed by atoms with van der Waals surface area (Å²) >= 11 is 3.52. The maximum atomic E-state index is 14.4. The van der Waals surface area contributed by atoms with Gasteiger partial charge in [-0.2, -0.15) is 0 Å². The van der Waals surface area contributed by atoms with E-state index in [4.69, 9.17) is 9.79 Å². The molecular formula is C22H29BrF2NO3P. The van der Waals surface area contributed by atoms with E-state index in [0.29, 0.717) is 25.1 Å². The Labute approximate surface area is 185 Å². The van der Waals surface area contributed by atoms with Gasteiger partial charge in [0.05, 0.1) is 6.16 Å². The molecule has 0 radical (unpaired) electrons. The molecule has 0 saturated heterocycles. The molecule has 0 amide bonds. The van der Waals surface area contributed by atoms with E-state index in [1.54, 1.807) is 12.1 Å². The number of nitrogens with one attached hydrogen (secondary N) is 1. The lowest BCUT2D eigenvalue weighted by molar-refractivity contribution is 0.371. The van der Waals surface area contributed by atoms with Crippen LogP contribution in [0.5, 0.6) is 0 Å². The van der Waals surface area contributed by atoms with Crippen molar-refractivity contribution in [3.05, 3.63) is 69.2 Å². The third-order valence-electron chi connectivity index (χ3n) is 4.91. The molecule has 0 spiro atoms. The minimum Gasteiger partial charge on any atom is -0.324 e. The van der Waals surface area contributed by atoms with E-state index in [9.17, 15) is 13.3 Å². The highest BCUT2D eigenvalue weighted by atomic mass is 79.9. The largest absolute Gasteiger partial charge is 0.325 e. The van der Waals surface area contributed by atoms with Crippen molar-refractivity contribution in [2.24, 2.45) is 0 Å². The van der Waals surface area contributed by atoms with Gasteiger partial charge in [0.2, 0.25) is 0 Å². The summed E-state index contributed by atoms with van der Waals surface area (Å²) in [5.41, 5.74) is 2.62. The average molecular weight is 504 g/mol. The maximum Gasteiger partial charge on any atom is 0.325 e. The molecule has 0 aromatic heterocycles. The lowest BCUT2D eigenvalue weighted by atomic mass is 10.0. The number of benzene rings is 2. The van der Waals surface area contributed by atoms with Gasteiger partial charge in [0.15, 0.2) is 0 Å². The Hall–Kier alpha value is -1.11. The molecule has 2 rings (SSSR count). The van der Waals surface area contributed by atoms with Gasteiger partial charge < -0.3 is 15.1 Å². The summed E-state index contributed by atoms with van der Waals surface area (Å²) < 4.78 is 38.9. The van der Waals surface area contributed by atoms with Crippen LogP contribution in [0.2, 0.25) is 0 Å². The van der Waals surface area contributed by atoms with Crippen LogP contribution in [-0.4, -0.2) is 22.5 Å². The third-order valence-corrected chi connectivity index (χ3v) is 6.55. The fraction of sp³-hybridized carbons (Fsp3) is 0.455. The quantitative estimate of drug-likeness (QED) is 0.241. The van der Waals surface area contributed by atoms with Crippen molar-refractivity contribution < 1.29 is 23.1 Å². The van der Waals surface area contributed by atoms with Gasteiger partial charge in [-0.15, -0.1) is 0 Å². The van der Waals surface area contributed by atoms with Crippen molar-refractivity contribution in [3.8, 4) is 0 Å². The average Bonchev–Trinajstić information content (AvgIpc) is 2.68. The molecule has 0 aliphatic carbocycles. The Balaban J connectivity index is 1.67. The van der Waals surface area contributed by atoms with Gasteiger partial charge in [0.1, 0.15) is 11.6 Å². The molecule has 0 fully saturated rings. The van der Waals surface area contributed by atoms with E-state index < -0.39 is 7.60 Å². The molecule has 0 aliphatic rings. The van der Waals surface area contributed by atoms with E-state index >= 15 is 0 Å². The van der Waals surface area contributed by atoms with Crippen molar-refractivity contribution in [1.29, 1.82) is 0 Å². The van der Waals surface area contributed by atoms with Gasteiger partial charge >= 0.3 is 7.60 Å². The number of halogens is 3. The molecule has 0 aliphatic heterocycles. The van der Waals surface area contributed by atoms with Crippen LogP contribution >= 0.6 is 23.5 Å². The highest BCUT2D eigenvalue weighted by molar-refractivity contribution is 9.10. The summed E-state index contributed by atoms with van der Waals surface area (Å²) in [4.78, 5) is 17.7. The van der Waals surface area contributed by atoms with Gasteiger partial charge in [-0.25, -0.2) is 8.78 Å². The summed E-state index contributed by atoms with van der Waals surface area (Å²) in [6, 6.07) is 9.96. The molecule has 0 saturated carbocycles. The van der Waals surface area contributed by atoms with E-state index in [1.807, 2.05) is 12.1 Å². The van der Waals surface area contributed by atoms with Crippen LogP contribution < -0.4 is 5.32 Å². The first-order valence-electron chi connectivity index (χ1n) is 10.2. The lowest BCUT2D eigenvalue weighted by Crippen LogP contribution is -2.17. The van der Waals surface area contributed by atoms with Crippen molar-refractivity contribution in [3.63, 3.8) is 0 Å². The Morgan fingerprint density at radius 3 is 2.23 bits per heavy atom. The fourth-order valence-corrected chi connectivity index (χ4v) is 4.40. The first kappa shape index (κ1) is 25.2. The summed E-state index contributed by atoms with van der Waals surface area (Å²) in [5, 5.41) is 3.02. The monoisotopic (exact) mass is 503 g/mol. The second-order valence-electron chi connectivity index (χ2n) is 7.49. The fourth-order valence-electron chi connectivity index (χ4n) is 3.24. The summed E-state index contributed by atoms with van der Waals surface area (Å²) in [7, 11) is -3.97. The Morgan fingerprint density at radius 2 is 1.57 bits per heavy atom. The Bertz CT molecular complexity index is 843. The first-order valence-corrected chi connectivity index (χ1v) is 12.8. The number of hydrogen-bond donors (Lipinski definition) is 3. The van der Waals surface area contributed by atoms with Crippen LogP contribution in [-0.2, 0) is 24.0 Å². The van der Waals surface area contributed by atoms with Gasteiger partial charge in [0, 0.05) is 16.6 Å². The zero-order valence-electron chi connectivity index (χ0n) is 16.9. The number of rotatable bonds is 13. The zero-order chi connectivity index (χ0) is 22.0. The Morgan fingerprint density at radius 1 is 0.900 bits per heavy atom. The molecule has 0 heterocycles. The van der Waals surface area contributed by atoms with Crippen molar-refractivity contribution in [2.75, 3.05) is 12.7 Å². The Kier molecular flexibility index (Phi) is 10.6. The number of unbranched alkanes of at least 4 members (excludes halogenated alkanes) is 3. The van der Waals surface area contributed by atoms with Gasteiger partial charge in [-0.3, -0.25) is 4.57 Å². The second-order valence-corrected chi connectivity index (χ2v) is 10.1. The molecular weight excluding hydrogens is 475 g/mol. The molecule has 0 bridgehead atoms. The van der Waals surface area contributed by atoms with Gasteiger partial charge in [-0.05, 0) is 74.0 Å². The molecule has 0 unspecified atom stereocenters. The van der Waals surface area contributed by atoms with E-state index in [-0.39, 0.29) is 17.8 Å². The second kappa shape index (κ2) is 12.7. The SMILES string of the molecule is O=P(O)(O)CCCNCc1cc(Br)c(CCCCCCc2ccc(F)cc2)cc1F. The van der Waals surface area contributed by atoms with E-state index in [2.05, 4.69) is 21.2 Å². The van der Waals surface area contributed by atoms with Crippen LogP contribution in [0.1, 0.15) is 48.8 Å². The van der Waals surface area contributed by atoms with E-state index in [0.717, 1.165) is 54.1 Å². The highest BCUT2D eigenvalue weighted by Crippen LogP contribution is 2.34. The van der Waals surface area contributed by atoms with Gasteiger partial charge in [-0.1, -0.05) is 40.9 Å². The van der Waals surface area contributed by atoms with Crippen LogP contribution in [0, 0.1) is 11.6 Å². The van der Waals surface area contributed by atoms with Crippen molar-refractivity contribution >= 4 is 23.5 Å². The predicted molar refractivity (Wildman–Crippen MR) is 120 cm³/mol. The van der Waals surface area contributed by atoms with Crippen LogP contribution in [0.4, 0.5) is 8.78 Å². The van der Waals surface area contributed by atoms with E-state index in [1.165, 1.54) is 12.1 Å². The van der Waals surface area contributed by atoms with Crippen molar-refractivity contribution in [2.45, 2.75) is 51.5 Å². The first-order chi connectivity index (χ1) is 14.2. The molecule has 0 atom stereocenters. The standard InChI is InChI=1S/C22H29BrF2NO3P/c23-21-14-19(16-26-12-5-13-30(27,28)29)22(25)15-18(21)7-4-2-1-3-6-17-8-10-20(24)11-9-17/h8-11,14-15,26H,1-7,12-13,16H2,(H2,27,28,29). The predicted octanol–water partition coefficient (Wildman–Crippen LogP) is 5.73. The summed E-state index contributed by atoms with van der Waals surface area (Å²) in [6.45, 7) is 0.733. The lowest BCUT2D eigenvalue weighted by Gasteiger charge is -2.11. The van der Waals surface area contributed by atoms with Gasteiger partial charge in [0.25, 0.3) is 0 Å². The molecule has 8 heteroatoms. The van der Waals surface area contributed by atoms with Crippen LogP contribution in [0.3, 0.4) is 0 Å². The molecule has 166 valence electrons. The highest BCUT2D eigenvalue weighted by Gasteiger charge is 2.12. The molecule has 30 heavy (non-hydrogen) atoms. The molecule has 2 aromatic rings. The zero-order valence-corrected chi connectivity index (χ0v) is 19.4. The summed E-state index contributed by atoms with van der Waals surface area (Å²) in [5.74, 6) is -0.481. The smallest absolute Gasteiger partial charge is 0.324 e. The number of hydrogen-bond acceptors (Lipinski definition) is 2. The third kappa shape index (κ3) is 9.80.